The van der Waals surface area contributed by atoms with Gasteiger partial charge in [0.15, 0.2) is 0 Å². The van der Waals surface area contributed by atoms with Crippen LogP contribution >= 0.6 is 15.9 Å². The summed E-state index contributed by atoms with van der Waals surface area (Å²) in [6.45, 7) is 0.659. The first kappa shape index (κ1) is 14.5. The molecule has 0 amide bonds. The van der Waals surface area contributed by atoms with Crippen LogP contribution in [0.4, 0.5) is 14.5 Å². The smallest absolute Gasteiger partial charge is 0.149 e. The molecule has 1 unspecified atom stereocenters. The van der Waals surface area contributed by atoms with Crippen LogP contribution in [0.5, 0.6) is 0 Å². The van der Waals surface area contributed by atoms with Crippen molar-refractivity contribution in [3.05, 3.63) is 63.6 Å². The van der Waals surface area contributed by atoms with Crippen LogP contribution in [0.1, 0.15) is 29.9 Å². The van der Waals surface area contributed by atoms with E-state index in [-0.39, 0.29) is 4.47 Å². The predicted molar refractivity (Wildman–Crippen MR) is 84.7 cm³/mol. The van der Waals surface area contributed by atoms with E-state index < -0.39 is 11.6 Å². The van der Waals surface area contributed by atoms with Crippen LogP contribution in [-0.2, 0) is 6.42 Å². The number of benzene rings is 2. The molecule has 1 atom stereocenters. The van der Waals surface area contributed by atoms with Gasteiger partial charge in [0.25, 0.3) is 0 Å². The van der Waals surface area contributed by atoms with E-state index in [2.05, 4.69) is 39.4 Å². The van der Waals surface area contributed by atoms with E-state index in [1.54, 1.807) is 0 Å². The van der Waals surface area contributed by atoms with E-state index in [0.717, 1.165) is 25.3 Å². The van der Waals surface area contributed by atoms with Gasteiger partial charge in [0.05, 0.1) is 10.2 Å². The summed E-state index contributed by atoms with van der Waals surface area (Å²) in [5.74, 6) is -0.765. The largest absolute Gasteiger partial charge is 0.382 e. The molecule has 2 aromatic carbocycles. The lowest BCUT2D eigenvalue weighted by molar-refractivity contribution is 0.563. The maximum atomic E-state index is 13.8. The van der Waals surface area contributed by atoms with Gasteiger partial charge in [-0.15, -0.1) is 0 Å². The lowest BCUT2D eigenvalue weighted by Gasteiger charge is -2.26. The fourth-order valence-electron chi connectivity index (χ4n) is 2.96. The maximum Gasteiger partial charge on any atom is 0.149 e. The van der Waals surface area contributed by atoms with Crippen molar-refractivity contribution in [2.24, 2.45) is 0 Å². The molecule has 110 valence electrons. The average molecular weight is 352 g/mol. The molecule has 0 saturated heterocycles. The first-order valence-corrected chi connectivity index (χ1v) is 7.90. The Morgan fingerprint density at radius 1 is 1.14 bits per heavy atom. The highest BCUT2D eigenvalue weighted by atomic mass is 79.9. The standard InChI is InChI=1S/C17H16BrF2N/c18-14-8-17(16(20)9-15(14)19)21-10-12-6-3-5-11-4-1-2-7-13(11)12/h1-2,4,7-9,12,21H,3,5-6,10H2. The Balaban J connectivity index is 1.76. The SMILES string of the molecule is Fc1cc(F)c(NCC2CCCc3ccccc32)cc1Br. The molecule has 0 saturated carbocycles. The topological polar surface area (TPSA) is 12.0 Å². The Morgan fingerprint density at radius 2 is 1.95 bits per heavy atom. The fraction of sp³-hybridized carbons (Fsp3) is 0.294. The minimum Gasteiger partial charge on any atom is -0.382 e. The number of halogens is 3. The Bertz CT molecular complexity index is 657. The highest BCUT2D eigenvalue weighted by Gasteiger charge is 2.20. The van der Waals surface area contributed by atoms with Gasteiger partial charge in [0, 0.05) is 18.5 Å². The lowest BCUT2D eigenvalue weighted by atomic mass is 9.83. The molecule has 1 aliphatic carbocycles. The summed E-state index contributed by atoms with van der Waals surface area (Å²) in [5.41, 5.74) is 3.07. The summed E-state index contributed by atoms with van der Waals surface area (Å²) in [7, 11) is 0. The quantitative estimate of drug-likeness (QED) is 0.743. The third-order valence-electron chi connectivity index (χ3n) is 4.04. The number of aryl methyl sites for hydroxylation is 1. The third-order valence-corrected chi connectivity index (χ3v) is 4.65. The van der Waals surface area contributed by atoms with Crippen LogP contribution in [0, 0.1) is 11.6 Å². The Kier molecular flexibility index (Phi) is 4.24. The molecule has 1 N–H and O–H groups in total. The third kappa shape index (κ3) is 3.10. The molecule has 21 heavy (non-hydrogen) atoms. The summed E-state index contributed by atoms with van der Waals surface area (Å²) in [5, 5.41) is 3.12. The van der Waals surface area contributed by atoms with Gasteiger partial charge in [-0.1, -0.05) is 24.3 Å². The van der Waals surface area contributed by atoms with Crippen LogP contribution in [0.2, 0.25) is 0 Å². The number of rotatable bonds is 3. The van der Waals surface area contributed by atoms with Crippen molar-refractivity contribution in [1.29, 1.82) is 0 Å². The second kappa shape index (κ2) is 6.14. The molecule has 0 heterocycles. The van der Waals surface area contributed by atoms with Crippen molar-refractivity contribution < 1.29 is 8.78 Å². The summed E-state index contributed by atoms with van der Waals surface area (Å²) in [6, 6.07) is 10.8. The molecular weight excluding hydrogens is 336 g/mol. The Morgan fingerprint density at radius 3 is 2.81 bits per heavy atom. The summed E-state index contributed by atoms with van der Waals surface area (Å²) in [4.78, 5) is 0. The summed E-state index contributed by atoms with van der Waals surface area (Å²) >= 11 is 3.09. The van der Waals surface area contributed by atoms with Gasteiger partial charge in [-0.25, -0.2) is 8.78 Å². The second-order valence-corrected chi connectivity index (χ2v) is 6.27. The zero-order valence-electron chi connectivity index (χ0n) is 11.5. The minimum atomic E-state index is -0.582. The van der Waals surface area contributed by atoms with Gasteiger partial charge >= 0.3 is 0 Å². The molecule has 0 radical (unpaired) electrons. The van der Waals surface area contributed by atoms with Gasteiger partial charge in [0.1, 0.15) is 11.6 Å². The molecule has 0 bridgehead atoms. The van der Waals surface area contributed by atoms with Crippen molar-refractivity contribution in [2.75, 3.05) is 11.9 Å². The molecular formula is C17H16BrF2N. The zero-order chi connectivity index (χ0) is 14.8. The van der Waals surface area contributed by atoms with Crippen molar-refractivity contribution in [1.82, 2.24) is 0 Å². The highest BCUT2D eigenvalue weighted by Crippen LogP contribution is 2.32. The van der Waals surface area contributed by atoms with Crippen LogP contribution in [0.3, 0.4) is 0 Å². The molecule has 0 spiro atoms. The highest BCUT2D eigenvalue weighted by molar-refractivity contribution is 9.10. The zero-order valence-corrected chi connectivity index (χ0v) is 13.1. The van der Waals surface area contributed by atoms with Gasteiger partial charge in [-0.3, -0.25) is 0 Å². The van der Waals surface area contributed by atoms with Gasteiger partial charge < -0.3 is 5.32 Å². The van der Waals surface area contributed by atoms with Crippen LogP contribution in [0.25, 0.3) is 0 Å². The summed E-state index contributed by atoms with van der Waals surface area (Å²) in [6.07, 6.45) is 3.36. The first-order chi connectivity index (χ1) is 10.1. The molecule has 0 aromatic heterocycles. The van der Waals surface area contributed by atoms with Gasteiger partial charge in [-0.2, -0.15) is 0 Å². The van der Waals surface area contributed by atoms with E-state index in [1.807, 2.05) is 6.07 Å². The molecule has 2 aromatic rings. The monoisotopic (exact) mass is 351 g/mol. The van der Waals surface area contributed by atoms with E-state index >= 15 is 0 Å². The van der Waals surface area contributed by atoms with E-state index in [1.165, 1.54) is 17.2 Å². The van der Waals surface area contributed by atoms with Crippen molar-refractivity contribution in [3.8, 4) is 0 Å². The average Bonchev–Trinajstić information content (AvgIpc) is 2.49. The van der Waals surface area contributed by atoms with Crippen molar-refractivity contribution in [3.63, 3.8) is 0 Å². The van der Waals surface area contributed by atoms with Crippen LogP contribution in [0.15, 0.2) is 40.9 Å². The van der Waals surface area contributed by atoms with E-state index in [4.69, 9.17) is 0 Å². The normalized spacial score (nSPS) is 17.4. The van der Waals surface area contributed by atoms with Crippen LogP contribution in [-0.4, -0.2) is 6.54 Å². The van der Waals surface area contributed by atoms with Gasteiger partial charge in [0.2, 0.25) is 0 Å². The molecule has 1 nitrogen and oxygen atoms in total. The maximum absolute atomic E-state index is 13.8. The molecule has 1 aliphatic rings. The fourth-order valence-corrected chi connectivity index (χ4v) is 3.30. The van der Waals surface area contributed by atoms with Crippen molar-refractivity contribution >= 4 is 21.6 Å². The van der Waals surface area contributed by atoms with E-state index in [0.29, 0.717) is 18.2 Å². The number of fused-ring (bicyclic) bond motifs is 1. The molecule has 4 heteroatoms. The van der Waals surface area contributed by atoms with Crippen LogP contribution < -0.4 is 5.32 Å². The predicted octanol–water partition coefficient (Wildman–Crippen LogP) is 5.26. The molecule has 0 fully saturated rings. The van der Waals surface area contributed by atoms with Gasteiger partial charge in [-0.05, 0) is 52.4 Å². The summed E-state index contributed by atoms with van der Waals surface area (Å²) < 4.78 is 27.3. The number of hydrogen-bond donors (Lipinski definition) is 1. The Labute approximate surface area is 131 Å². The van der Waals surface area contributed by atoms with Crippen molar-refractivity contribution in [2.45, 2.75) is 25.2 Å². The number of hydrogen-bond acceptors (Lipinski definition) is 1. The number of nitrogens with one attached hydrogen (secondary N) is 1. The minimum absolute atomic E-state index is 0.274. The lowest BCUT2D eigenvalue weighted by Crippen LogP contribution is -2.18. The Hall–Kier alpha value is -1.42. The second-order valence-electron chi connectivity index (χ2n) is 5.42. The number of anilines is 1. The molecule has 0 aliphatic heterocycles. The first-order valence-electron chi connectivity index (χ1n) is 7.11. The van der Waals surface area contributed by atoms with E-state index in [9.17, 15) is 8.78 Å². The molecule has 3 rings (SSSR count).